The molecule has 0 spiro atoms. The van der Waals surface area contributed by atoms with Crippen LogP contribution in [0.25, 0.3) is 0 Å². The van der Waals surface area contributed by atoms with Gasteiger partial charge in [-0.3, -0.25) is 4.98 Å². The Morgan fingerprint density at radius 1 is 1.58 bits per heavy atom. The van der Waals surface area contributed by atoms with Crippen molar-refractivity contribution in [3.63, 3.8) is 0 Å². The number of rotatable bonds is 4. The van der Waals surface area contributed by atoms with Crippen LogP contribution >= 0.6 is 23.1 Å². The molecular formula is C13H20N2O2S2. The number of amides is 1. The van der Waals surface area contributed by atoms with Crippen LogP contribution in [0, 0.1) is 5.92 Å². The van der Waals surface area contributed by atoms with E-state index in [9.17, 15) is 4.79 Å². The quantitative estimate of drug-likeness (QED) is 0.853. The zero-order chi connectivity index (χ0) is 13.7. The summed E-state index contributed by atoms with van der Waals surface area (Å²) >= 11 is 3.56. The third-order valence-electron chi connectivity index (χ3n) is 2.93. The normalized spacial score (nSPS) is 16.9. The highest BCUT2D eigenvalue weighted by Crippen LogP contribution is 2.32. The first-order chi connectivity index (χ1) is 9.15. The number of thiazole rings is 1. The van der Waals surface area contributed by atoms with E-state index in [1.54, 1.807) is 11.3 Å². The number of piperidine rings is 1. The molecule has 1 fully saturated rings. The number of likely N-dealkylation sites (tertiary alicyclic amines) is 1. The minimum absolute atomic E-state index is 0.157. The fourth-order valence-electron chi connectivity index (χ4n) is 1.91. The van der Waals surface area contributed by atoms with E-state index in [4.69, 9.17) is 4.74 Å². The summed E-state index contributed by atoms with van der Waals surface area (Å²) in [6.07, 6.45) is 3.81. The van der Waals surface area contributed by atoms with Crippen molar-refractivity contribution in [2.24, 2.45) is 5.92 Å². The van der Waals surface area contributed by atoms with Crippen LogP contribution in [0.5, 0.6) is 0 Å². The summed E-state index contributed by atoms with van der Waals surface area (Å²) in [5.41, 5.74) is 1.86. The Bertz CT molecular complexity index is 387. The van der Waals surface area contributed by atoms with E-state index in [1.165, 1.54) is 4.21 Å². The second kappa shape index (κ2) is 7.14. The van der Waals surface area contributed by atoms with Crippen molar-refractivity contribution in [1.82, 2.24) is 9.88 Å². The number of aromatic nitrogens is 1. The molecule has 1 saturated heterocycles. The van der Waals surface area contributed by atoms with Crippen molar-refractivity contribution in [2.75, 3.05) is 19.7 Å². The third kappa shape index (κ3) is 4.69. The van der Waals surface area contributed by atoms with Gasteiger partial charge >= 0.3 is 6.09 Å². The smallest absolute Gasteiger partial charge is 0.409 e. The van der Waals surface area contributed by atoms with Gasteiger partial charge in [-0.2, -0.15) is 0 Å². The molecule has 1 amide bonds. The van der Waals surface area contributed by atoms with Gasteiger partial charge in [-0.1, -0.05) is 13.8 Å². The van der Waals surface area contributed by atoms with Gasteiger partial charge in [0.25, 0.3) is 0 Å². The van der Waals surface area contributed by atoms with E-state index >= 15 is 0 Å². The van der Waals surface area contributed by atoms with Crippen LogP contribution in [0.15, 0.2) is 15.9 Å². The molecule has 0 atom stereocenters. The van der Waals surface area contributed by atoms with Crippen molar-refractivity contribution in [3.05, 3.63) is 11.7 Å². The third-order valence-corrected chi connectivity index (χ3v) is 5.22. The summed E-state index contributed by atoms with van der Waals surface area (Å²) in [7, 11) is 0. The minimum Gasteiger partial charge on any atom is -0.449 e. The molecule has 0 aliphatic carbocycles. The first-order valence-electron chi connectivity index (χ1n) is 6.62. The van der Waals surface area contributed by atoms with Gasteiger partial charge in [-0.15, -0.1) is 23.1 Å². The van der Waals surface area contributed by atoms with Gasteiger partial charge in [0.15, 0.2) is 0 Å². The number of ether oxygens (including phenoxy) is 1. The van der Waals surface area contributed by atoms with Crippen LogP contribution in [0.1, 0.15) is 26.7 Å². The highest BCUT2D eigenvalue weighted by molar-refractivity contribution is 8.01. The number of hydrogen-bond acceptors (Lipinski definition) is 5. The number of nitrogens with zero attached hydrogens (tertiary/aromatic N) is 2. The average molecular weight is 300 g/mol. The molecule has 0 radical (unpaired) electrons. The van der Waals surface area contributed by atoms with Crippen LogP contribution in [0.2, 0.25) is 0 Å². The SMILES string of the molecule is CC(C)COC(=O)N1CCC(Sc2cncs2)CC1. The monoisotopic (exact) mass is 300 g/mol. The topological polar surface area (TPSA) is 42.4 Å². The Kier molecular flexibility index (Phi) is 5.51. The largest absolute Gasteiger partial charge is 0.449 e. The van der Waals surface area contributed by atoms with Crippen molar-refractivity contribution < 1.29 is 9.53 Å². The van der Waals surface area contributed by atoms with Gasteiger partial charge in [0.05, 0.1) is 22.5 Å². The molecule has 106 valence electrons. The van der Waals surface area contributed by atoms with E-state index in [0.717, 1.165) is 25.9 Å². The Labute approximate surface area is 122 Å². The van der Waals surface area contributed by atoms with Gasteiger partial charge in [-0.25, -0.2) is 4.79 Å². The summed E-state index contributed by atoms with van der Waals surface area (Å²) in [6, 6.07) is 0. The summed E-state index contributed by atoms with van der Waals surface area (Å²) < 4.78 is 6.52. The molecule has 19 heavy (non-hydrogen) atoms. The predicted molar refractivity (Wildman–Crippen MR) is 78.8 cm³/mol. The van der Waals surface area contributed by atoms with Crippen LogP contribution in [0.4, 0.5) is 4.79 Å². The average Bonchev–Trinajstić information content (AvgIpc) is 2.89. The number of carbonyl (C=O) groups is 1. The lowest BCUT2D eigenvalue weighted by molar-refractivity contribution is 0.0863. The van der Waals surface area contributed by atoms with Crippen molar-refractivity contribution in [1.29, 1.82) is 0 Å². The Balaban J connectivity index is 1.71. The predicted octanol–water partition coefficient (Wildman–Crippen LogP) is 3.49. The van der Waals surface area contributed by atoms with Gasteiger partial charge in [0.2, 0.25) is 0 Å². The lowest BCUT2D eigenvalue weighted by atomic mass is 10.1. The molecule has 6 heteroatoms. The molecule has 0 unspecified atom stereocenters. The maximum Gasteiger partial charge on any atom is 0.409 e. The first-order valence-corrected chi connectivity index (χ1v) is 8.38. The molecule has 0 N–H and O–H groups in total. The van der Waals surface area contributed by atoms with E-state index in [0.29, 0.717) is 17.8 Å². The zero-order valence-electron chi connectivity index (χ0n) is 11.4. The van der Waals surface area contributed by atoms with Gasteiger partial charge in [0.1, 0.15) is 0 Å². The van der Waals surface area contributed by atoms with Gasteiger partial charge in [0, 0.05) is 18.3 Å². The molecule has 2 rings (SSSR count). The lowest BCUT2D eigenvalue weighted by Gasteiger charge is -2.30. The van der Waals surface area contributed by atoms with Crippen LogP contribution in [-0.2, 0) is 4.74 Å². The zero-order valence-corrected chi connectivity index (χ0v) is 13.0. The second-order valence-electron chi connectivity index (χ2n) is 5.10. The summed E-state index contributed by atoms with van der Waals surface area (Å²) in [5, 5.41) is 0.592. The molecule has 1 aliphatic heterocycles. The molecule has 1 aliphatic rings. The molecule has 4 nitrogen and oxygen atoms in total. The highest BCUT2D eigenvalue weighted by Gasteiger charge is 2.24. The van der Waals surface area contributed by atoms with Crippen LogP contribution in [0.3, 0.4) is 0 Å². The van der Waals surface area contributed by atoms with Crippen LogP contribution < -0.4 is 0 Å². The Morgan fingerprint density at radius 3 is 2.89 bits per heavy atom. The summed E-state index contributed by atoms with van der Waals surface area (Å²) in [5.74, 6) is 0.392. The molecule has 2 heterocycles. The molecule has 0 bridgehead atoms. The standard InChI is InChI=1S/C13H20N2O2S2/c1-10(2)8-17-13(16)15-5-3-11(4-6-15)19-12-7-14-9-18-12/h7,9-11H,3-6,8H2,1-2H3. The summed E-state index contributed by atoms with van der Waals surface area (Å²) in [6.45, 7) is 6.20. The molecule has 1 aromatic heterocycles. The number of hydrogen-bond donors (Lipinski definition) is 0. The number of thioether (sulfide) groups is 1. The van der Waals surface area contributed by atoms with Crippen LogP contribution in [-0.4, -0.2) is 40.9 Å². The maximum atomic E-state index is 11.8. The van der Waals surface area contributed by atoms with Crippen molar-refractivity contribution >= 4 is 29.2 Å². The van der Waals surface area contributed by atoms with E-state index < -0.39 is 0 Å². The molecule has 0 aromatic carbocycles. The summed E-state index contributed by atoms with van der Waals surface area (Å²) in [4.78, 5) is 17.7. The van der Waals surface area contributed by atoms with Gasteiger partial charge < -0.3 is 9.64 Å². The molecular weight excluding hydrogens is 280 g/mol. The maximum absolute atomic E-state index is 11.8. The van der Waals surface area contributed by atoms with E-state index in [-0.39, 0.29) is 6.09 Å². The highest BCUT2D eigenvalue weighted by atomic mass is 32.2. The fraction of sp³-hybridized carbons (Fsp3) is 0.692. The van der Waals surface area contributed by atoms with E-state index in [1.807, 2.05) is 42.2 Å². The molecule has 1 aromatic rings. The molecule has 0 saturated carbocycles. The van der Waals surface area contributed by atoms with Crippen molar-refractivity contribution in [2.45, 2.75) is 36.1 Å². The van der Waals surface area contributed by atoms with Gasteiger partial charge in [-0.05, 0) is 18.8 Å². The second-order valence-corrected chi connectivity index (χ2v) is 7.58. The first kappa shape index (κ1) is 14.7. The van der Waals surface area contributed by atoms with E-state index in [2.05, 4.69) is 4.98 Å². The Morgan fingerprint density at radius 2 is 2.32 bits per heavy atom. The fourth-order valence-corrected chi connectivity index (χ4v) is 3.92. The van der Waals surface area contributed by atoms with Crippen molar-refractivity contribution in [3.8, 4) is 0 Å². The Hall–Kier alpha value is -0.750. The minimum atomic E-state index is -0.157. The lowest BCUT2D eigenvalue weighted by Crippen LogP contribution is -2.40. The number of carbonyl (C=O) groups excluding carboxylic acids is 1.